The first-order chi connectivity index (χ1) is 12.2. The molecule has 25 heavy (non-hydrogen) atoms. The summed E-state index contributed by atoms with van der Waals surface area (Å²) in [6.07, 6.45) is 3.10. The lowest BCUT2D eigenvalue weighted by Gasteiger charge is -2.18. The maximum absolute atomic E-state index is 12.8. The largest absolute Gasteiger partial charge is 0.486 e. The molecular formula is C20H22FNO3. The van der Waals surface area contributed by atoms with Gasteiger partial charge in [-0.25, -0.2) is 4.39 Å². The molecule has 0 saturated carbocycles. The topological polar surface area (TPSA) is 47.6 Å². The first kappa shape index (κ1) is 17.3. The first-order valence-electron chi connectivity index (χ1n) is 8.60. The molecular weight excluding hydrogens is 321 g/mol. The Kier molecular flexibility index (Phi) is 5.88. The molecule has 0 unspecified atom stereocenters. The number of rotatable bonds is 7. The number of nitrogens with one attached hydrogen (secondary N) is 1. The van der Waals surface area contributed by atoms with E-state index < -0.39 is 0 Å². The van der Waals surface area contributed by atoms with Gasteiger partial charge in [0.2, 0.25) is 5.91 Å². The predicted molar refractivity (Wildman–Crippen MR) is 93.5 cm³/mol. The number of unbranched alkanes of at least 4 members (excludes halogenated alkanes) is 1. The van der Waals surface area contributed by atoms with Crippen molar-refractivity contribution in [1.29, 1.82) is 0 Å². The molecule has 1 aliphatic heterocycles. The molecule has 0 atom stereocenters. The minimum Gasteiger partial charge on any atom is -0.486 e. The quantitative estimate of drug-likeness (QED) is 0.785. The van der Waals surface area contributed by atoms with Crippen LogP contribution < -0.4 is 14.8 Å². The first-order valence-corrected chi connectivity index (χ1v) is 8.60. The lowest BCUT2D eigenvalue weighted by atomic mass is 10.1. The zero-order chi connectivity index (χ0) is 17.5. The summed E-state index contributed by atoms with van der Waals surface area (Å²) in [5.41, 5.74) is 2.03. The van der Waals surface area contributed by atoms with Gasteiger partial charge in [-0.1, -0.05) is 18.2 Å². The van der Waals surface area contributed by atoms with Crippen molar-refractivity contribution in [1.82, 2.24) is 5.32 Å². The van der Waals surface area contributed by atoms with Crippen LogP contribution in [-0.2, 0) is 17.6 Å². The number of ether oxygens (including phenoxy) is 2. The average Bonchev–Trinajstić information content (AvgIpc) is 2.63. The minimum atomic E-state index is -0.289. The molecule has 0 saturated heterocycles. The highest BCUT2D eigenvalue weighted by atomic mass is 19.1. The van der Waals surface area contributed by atoms with Crippen LogP contribution in [0.4, 0.5) is 4.39 Å². The number of aryl methyl sites for hydroxylation is 1. The Bertz CT molecular complexity index is 715. The van der Waals surface area contributed by atoms with E-state index in [1.54, 1.807) is 12.1 Å². The second-order valence-corrected chi connectivity index (χ2v) is 6.09. The van der Waals surface area contributed by atoms with Crippen molar-refractivity contribution < 1.29 is 18.7 Å². The summed E-state index contributed by atoms with van der Waals surface area (Å²) in [6.45, 7) is 1.84. The number of halogens is 1. The summed E-state index contributed by atoms with van der Waals surface area (Å²) in [7, 11) is 0. The van der Waals surface area contributed by atoms with Crippen LogP contribution in [0.3, 0.4) is 0 Å². The number of carbonyl (C=O) groups excluding carboxylic acids is 1. The molecule has 0 bridgehead atoms. The van der Waals surface area contributed by atoms with E-state index in [0.717, 1.165) is 36.3 Å². The molecule has 3 rings (SSSR count). The molecule has 0 radical (unpaired) electrons. The SMILES string of the molecule is O=C(Cc1ccc(F)cc1)NCCCCc1ccc2c(c1)OCCO2. The molecule has 1 aliphatic rings. The lowest BCUT2D eigenvalue weighted by molar-refractivity contribution is -0.120. The van der Waals surface area contributed by atoms with Crippen LogP contribution >= 0.6 is 0 Å². The van der Waals surface area contributed by atoms with Crippen molar-refractivity contribution in [2.45, 2.75) is 25.7 Å². The van der Waals surface area contributed by atoms with E-state index in [4.69, 9.17) is 9.47 Å². The Hall–Kier alpha value is -2.56. The van der Waals surface area contributed by atoms with Crippen LogP contribution in [-0.4, -0.2) is 25.7 Å². The van der Waals surface area contributed by atoms with Gasteiger partial charge in [0, 0.05) is 6.54 Å². The van der Waals surface area contributed by atoms with Gasteiger partial charge in [-0.05, 0) is 54.7 Å². The molecule has 0 fully saturated rings. The highest BCUT2D eigenvalue weighted by Crippen LogP contribution is 2.31. The van der Waals surface area contributed by atoms with Crippen LogP contribution in [0.5, 0.6) is 11.5 Å². The number of amides is 1. The molecule has 1 N–H and O–H groups in total. The average molecular weight is 343 g/mol. The van der Waals surface area contributed by atoms with Crippen molar-refractivity contribution in [3.05, 3.63) is 59.4 Å². The van der Waals surface area contributed by atoms with E-state index in [2.05, 4.69) is 11.4 Å². The predicted octanol–water partition coefficient (Wildman–Crippen LogP) is 3.28. The fourth-order valence-electron chi connectivity index (χ4n) is 2.78. The van der Waals surface area contributed by atoms with Gasteiger partial charge in [0.25, 0.3) is 0 Å². The number of fused-ring (bicyclic) bond motifs is 1. The van der Waals surface area contributed by atoms with Crippen LogP contribution in [0, 0.1) is 5.82 Å². The van der Waals surface area contributed by atoms with E-state index in [0.29, 0.717) is 19.8 Å². The maximum Gasteiger partial charge on any atom is 0.224 e. The summed E-state index contributed by atoms with van der Waals surface area (Å²) in [5, 5.41) is 2.90. The van der Waals surface area contributed by atoms with E-state index in [9.17, 15) is 9.18 Å². The molecule has 1 amide bonds. The fraction of sp³-hybridized carbons (Fsp3) is 0.350. The molecule has 2 aromatic carbocycles. The Labute approximate surface area is 147 Å². The highest BCUT2D eigenvalue weighted by molar-refractivity contribution is 5.78. The van der Waals surface area contributed by atoms with E-state index in [1.165, 1.54) is 17.7 Å². The van der Waals surface area contributed by atoms with Gasteiger partial charge < -0.3 is 14.8 Å². The molecule has 5 heteroatoms. The fourth-order valence-corrected chi connectivity index (χ4v) is 2.78. The van der Waals surface area contributed by atoms with Gasteiger partial charge in [-0.3, -0.25) is 4.79 Å². The molecule has 0 spiro atoms. The monoisotopic (exact) mass is 343 g/mol. The zero-order valence-electron chi connectivity index (χ0n) is 14.1. The standard InChI is InChI=1S/C20H22FNO3/c21-17-7-4-16(5-8-17)14-20(23)22-10-2-1-3-15-6-9-18-19(13-15)25-12-11-24-18/h4-9,13H,1-3,10-12,14H2,(H,22,23). The number of benzene rings is 2. The van der Waals surface area contributed by atoms with Gasteiger partial charge in [0.15, 0.2) is 11.5 Å². The van der Waals surface area contributed by atoms with Crippen molar-refractivity contribution >= 4 is 5.91 Å². The van der Waals surface area contributed by atoms with Crippen molar-refractivity contribution in [2.24, 2.45) is 0 Å². The van der Waals surface area contributed by atoms with Crippen LogP contribution in [0.25, 0.3) is 0 Å². The summed E-state index contributed by atoms with van der Waals surface area (Å²) >= 11 is 0. The molecule has 132 valence electrons. The summed E-state index contributed by atoms with van der Waals surface area (Å²) < 4.78 is 23.9. The highest BCUT2D eigenvalue weighted by Gasteiger charge is 2.11. The Morgan fingerprint density at radius 2 is 1.68 bits per heavy atom. The summed E-state index contributed by atoms with van der Waals surface area (Å²) in [5.74, 6) is 1.30. The molecule has 4 nitrogen and oxygen atoms in total. The third kappa shape index (κ3) is 5.21. The van der Waals surface area contributed by atoms with Crippen LogP contribution in [0.1, 0.15) is 24.0 Å². The van der Waals surface area contributed by atoms with Gasteiger partial charge in [-0.15, -0.1) is 0 Å². The normalized spacial score (nSPS) is 12.7. The second kappa shape index (κ2) is 8.51. The van der Waals surface area contributed by atoms with E-state index in [1.807, 2.05) is 12.1 Å². The third-order valence-electron chi connectivity index (χ3n) is 4.10. The van der Waals surface area contributed by atoms with Gasteiger partial charge in [0.05, 0.1) is 6.42 Å². The second-order valence-electron chi connectivity index (χ2n) is 6.09. The lowest BCUT2D eigenvalue weighted by Crippen LogP contribution is -2.26. The molecule has 0 aliphatic carbocycles. The number of carbonyl (C=O) groups is 1. The maximum atomic E-state index is 12.8. The molecule has 2 aromatic rings. The zero-order valence-corrected chi connectivity index (χ0v) is 14.1. The summed E-state index contributed by atoms with van der Waals surface area (Å²) in [4.78, 5) is 11.9. The molecule has 0 aromatic heterocycles. The van der Waals surface area contributed by atoms with Crippen molar-refractivity contribution in [3.63, 3.8) is 0 Å². The number of hydrogen-bond acceptors (Lipinski definition) is 3. The van der Waals surface area contributed by atoms with Gasteiger partial charge >= 0.3 is 0 Å². The van der Waals surface area contributed by atoms with Gasteiger partial charge in [0.1, 0.15) is 19.0 Å². The van der Waals surface area contributed by atoms with E-state index >= 15 is 0 Å². The Balaban J connectivity index is 1.34. The minimum absolute atomic E-state index is 0.0362. The van der Waals surface area contributed by atoms with E-state index in [-0.39, 0.29) is 18.1 Å². The Morgan fingerprint density at radius 3 is 2.48 bits per heavy atom. The smallest absolute Gasteiger partial charge is 0.224 e. The van der Waals surface area contributed by atoms with Gasteiger partial charge in [-0.2, -0.15) is 0 Å². The van der Waals surface area contributed by atoms with Crippen molar-refractivity contribution in [3.8, 4) is 11.5 Å². The van der Waals surface area contributed by atoms with Crippen LogP contribution in [0.15, 0.2) is 42.5 Å². The van der Waals surface area contributed by atoms with Crippen molar-refractivity contribution in [2.75, 3.05) is 19.8 Å². The Morgan fingerprint density at radius 1 is 0.960 bits per heavy atom. The van der Waals surface area contributed by atoms with Crippen LogP contribution in [0.2, 0.25) is 0 Å². The number of hydrogen-bond donors (Lipinski definition) is 1. The third-order valence-corrected chi connectivity index (χ3v) is 4.10. The molecule has 1 heterocycles. The summed E-state index contributed by atoms with van der Waals surface area (Å²) in [6, 6.07) is 12.1.